The summed E-state index contributed by atoms with van der Waals surface area (Å²) in [5.74, 6) is 0.0675. The fraction of sp³-hybridized carbons (Fsp3) is 0.375. The van der Waals surface area contributed by atoms with Crippen LogP contribution in [0.2, 0.25) is 25.7 Å². The van der Waals surface area contributed by atoms with Crippen molar-refractivity contribution in [1.29, 1.82) is 0 Å². The second-order valence-corrected chi connectivity index (χ2v) is 14.3. The lowest BCUT2D eigenvalue weighted by Gasteiger charge is -2.23. The molecule has 0 aliphatic heterocycles. The van der Waals surface area contributed by atoms with E-state index in [1.54, 1.807) is 18.2 Å². The topological polar surface area (TPSA) is 98.4 Å². The molecule has 0 atom stereocenters. The van der Waals surface area contributed by atoms with Gasteiger partial charge in [-0.1, -0.05) is 25.7 Å². The largest absolute Gasteiger partial charge is 0.399 e. The minimum atomic E-state index is -3.88. The van der Waals surface area contributed by atoms with Crippen molar-refractivity contribution < 1.29 is 13.2 Å². The number of hydrogen-bond donors (Lipinski definition) is 1. The molecule has 0 amide bonds. The van der Waals surface area contributed by atoms with Crippen molar-refractivity contribution in [2.75, 3.05) is 23.4 Å². The first-order chi connectivity index (χ1) is 11.7. The summed E-state index contributed by atoms with van der Waals surface area (Å²) in [7, 11) is -5.14. The number of benzene rings is 1. The Bertz CT molecular complexity index is 795. The van der Waals surface area contributed by atoms with Gasteiger partial charge in [-0.3, -0.25) is 0 Å². The predicted molar refractivity (Wildman–Crippen MR) is 102 cm³/mol. The molecule has 2 aromatic rings. The minimum Gasteiger partial charge on any atom is -0.399 e. The van der Waals surface area contributed by atoms with Gasteiger partial charge in [0.2, 0.25) is 5.95 Å². The molecular formula is C16H24N4O3SSi. The maximum absolute atomic E-state index is 13.0. The summed E-state index contributed by atoms with van der Waals surface area (Å²) >= 11 is 0. The van der Waals surface area contributed by atoms with Gasteiger partial charge in [-0.05, 0) is 30.3 Å². The zero-order valence-electron chi connectivity index (χ0n) is 14.7. The molecule has 9 heteroatoms. The number of aromatic nitrogens is 2. The highest BCUT2D eigenvalue weighted by atomic mass is 32.2. The Morgan fingerprint density at radius 2 is 1.84 bits per heavy atom. The van der Waals surface area contributed by atoms with Gasteiger partial charge >= 0.3 is 0 Å². The Balaban J connectivity index is 2.25. The Kier molecular flexibility index (Phi) is 6.14. The van der Waals surface area contributed by atoms with E-state index in [1.165, 1.54) is 24.5 Å². The fourth-order valence-electron chi connectivity index (χ4n) is 1.98. The van der Waals surface area contributed by atoms with Crippen LogP contribution in [0.1, 0.15) is 0 Å². The maximum Gasteiger partial charge on any atom is 0.268 e. The molecule has 1 heterocycles. The highest BCUT2D eigenvalue weighted by Crippen LogP contribution is 2.22. The number of sulfonamides is 1. The Morgan fingerprint density at radius 3 is 2.44 bits per heavy atom. The molecule has 0 saturated heterocycles. The summed E-state index contributed by atoms with van der Waals surface area (Å²) in [6.07, 6.45) is 2.98. The number of nitrogen functional groups attached to an aromatic ring is 1. The van der Waals surface area contributed by atoms with E-state index in [1.807, 2.05) is 0 Å². The van der Waals surface area contributed by atoms with Gasteiger partial charge in [-0.25, -0.2) is 22.7 Å². The molecule has 136 valence electrons. The first-order valence-corrected chi connectivity index (χ1v) is 13.1. The van der Waals surface area contributed by atoms with Crippen molar-refractivity contribution in [2.45, 2.75) is 30.6 Å². The van der Waals surface area contributed by atoms with Crippen LogP contribution in [0.15, 0.2) is 47.6 Å². The van der Waals surface area contributed by atoms with E-state index >= 15 is 0 Å². The molecule has 1 aromatic heterocycles. The standard InChI is InChI=1S/C16H24N4O3SSi/c1-25(2,3)11-10-23-13-20(16-18-8-5-9-19-16)24(21,22)15-7-4-6-14(17)12-15/h4-9,12H,10-11,13,17H2,1-3H3. The zero-order valence-corrected chi connectivity index (χ0v) is 16.5. The number of ether oxygens (including phenoxy) is 1. The van der Waals surface area contributed by atoms with Crippen LogP contribution in [0.5, 0.6) is 0 Å². The summed E-state index contributed by atoms with van der Waals surface area (Å²) in [5, 5.41) is 0. The molecule has 0 aliphatic carbocycles. The van der Waals surface area contributed by atoms with Gasteiger partial charge in [0.15, 0.2) is 0 Å². The Labute approximate surface area is 149 Å². The van der Waals surface area contributed by atoms with Crippen LogP contribution in [-0.2, 0) is 14.8 Å². The molecule has 2 rings (SSSR count). The zero-order chi connectivity index (χ0) is 18.5. The second-order valence-electron chi connectivity index (χ2n) is 6.82. The molecule has 0 saturated carbocycles. The molecule has 25 heavy (non-hydrogen) atoms. The van der Waals surface area contributed by atoms with E-state index in [4.69, 9.17) is 10.5 Å². The number of nitrogens with two attached hydrogens (primary N) is 1. The van der Waals surface area contributed by atoms with Crippen LogP contribution >= 0.6 is 0 Å². The summed E-state index contributed by atoms with van der Waals surface area (Å²) in [5.41, 5.74) is 6.09. The molecule has 0 fully saturated rings. The maximum atomic E-state index is 13.0. The van der Waals surface area contributed by atoms with Crippen LogP contribution in [0.4, 0.5) is 11.6 Å². The third-order valence-electron chi connectivity index (χ3n) is 3.43. The van der Waals surface area contributed by atoms with Crippen molar-refractivity contribution in [1.82, 2.24) is 9.97 Å². The van der Waals surface area contributed by atoms with Crippen molar-refractivity contribution in [3.8, 4) is 0 Å². The van der Waals surface area contributed by atoms with Crippen LogP contribution < -0.4 is 10.0 Å². The van der Waals surface area contributed by atoms with Crippen LogP contribution in [0.25, 0.3) is 0 Å². The van der Waals surface area contributed by atoms with Crippen molar-refractivity contribution >= 4 is 29.7 Å². The Morgan fingerprint density at radius 1 is 1.16 bits per heavy atom. The number of nitrogens with zero attached hydrogens (tertiary/aromatic N) is 3. The molecule has 0 unspecified atom stereocenters. The third-order valence-corrected chi connectivity index (χ3v) is 6.83. The predicted octanol–water partition coefficient (Wildman–Crippen LogP) is 2.57. The van der Waals surface area contributed by atoms with Crippen molar-refractivity contribution in [3.63, 3.8) is 0 Å². The van der Waals surface area contributed by atoms with Gasteiger partial charge in [-0.2, -0.15) is 0 Å². The van der Waals surface area contributed by atoms with E-state index in [2.05, 4.69) is 29.6 Å². The van der Waals surface area contributed by atoms with Gasteiger partial charge in [-0.15, -0.1) is 0 Å². The first-order valence-electron chi connectivity index (χ1n) is 7.93. The molecular weight excluding hydrogens is 356 g/mol. The third kappa shape index (κ3) is 5.51. The van der Waals surface area contributed by atoms with Crippen molar-refractivity contribution in [2.24, 2.45) is 0 Å². The van der Waals surface area contributed by atoms with Crippen LogP contribution in [-0.4, -0.2) is 39.8 Å². The highest BCUT2D eigenvalue weighted by Gasteiger charge is 2.27. The molecule has 7 nitrogen and oxygen atoms in total. The Hall–Kier alpha value is -1.97. The minimum absolute atomic E-state index is 0.0675. The lowest BCUT2D eigenvalue weighted by Crippen LogP contribution is -2.35. The molecule has 0 spiro atoms. The normalized spacial score (nSPS) is 12.1. The van der Waals surface area contributed by atoms with E-state index in [-0.39, 0.29) is 17.6 Å². The van der Waals surface area contributed by atoms with E-state index in [0.717, 1.165) is 10.3 Å². The monoisotopic (exact) mass is 380 g/mol. The first kappa shape index (κ1) is 19.4. The molecule has 2 N–H and O–H groups in total. The summed E-state index contributed by atoms with van der Waals surface area (Å²) in [6, 6.07) is 8.69. The molecule has 1 aromatic carbocycles. The van der Waals surface area contributed by atoms with Gasteiger partial charge < -0.3 is 10.5 Å². The second kappa shape index (κ2) is 7.94. The lowest BCUT2D eigenvalue weighted by atomic mass is 10.3. The number of anilines is 2. The van der Waals surface area contributed by atoms with Crippen LogP contribution in [0, 0.1) is 0 Å². The van der Waals surface area contributed by atoms with Crippen LogP contribution in [0.3, 0.4) is 0 Å². The average Bonchev–Trinajstić information content (AvgIpc) is 2.54. The average molecular weight is 381 g/mol. The van der Waals surface area contributed by atoms with Gasteiger partial charge in [0.05, 0.1) is 4.90 Å². The highest BCUT2D eigenvalue weighted by molar-refractivity contribution is 7.92. The molecule has 0 aliphatic rings. The lowest BCUT2D eigenvalue weighted by molar-refractivity contribution is 0.155. The fourth-order valence-corrected chi connectivity index (χ4v) is 4.05. The molecule has 0 bridgehead atoms. The van der Waals surface area contributed by atoms with Crippen molar-refractivity contribution in [3.05, 3.63) is 42.7 Å². The summed E-state index contributed by atoms with van der Waals surface area (Å²) in [6.45, 7) is 7.05. The number of hydrogen-bond acceptors (Lipinski definition) is 6. The summed E-state index contributed by atoms with van der Waals surface area (Å²) < 4.78 is 32.7. The summed E-state index contributed by atoms with van der Waals surface area (Å²) in [4.78, 5) is 8.19. The van der Waals surface area contributed by atoms with Gasteiger partial charge in [0.25, 0.3) is 10.0 Å². The van der Waals surface area contributed by atoms with Gasteiger partial charge in [0, 0.05) is 32.8 Å². The van der Waals surface area contributed by atoms with E-state index in [0.29, 0.717) is 12.3 Å². The SMILES string of the molecule is C[Si](C)(C)CCOCN(c1ncccn1)S(=O)(=O)c1cccc(N)c1. The van der Waals surface area contributed by atoms with Gasteiger partial charge in [0.1, 0.15) is 6.73 Å². The van der Waals surface area contributed by atoms with E-state index in [9.17, 15) is 8.42 Å². The molecule has 0 radical (unpaired) electrons. The number of rotatable bonds is 8. The quantitative estimate of drug-likeness (QED) is 0.327. The van der Waals surface area contributed by atoms with E-state index < -0.39 is 18.1 Å². The smallest absolute Gasteiger partial charge is 0.268 e.